The van der Waals surface area contributed by atoms with Crippen molar-refractivity contribution in [1.82, 2.24) is 9.97 Å². The number of aromatic nitrogens is 2. The van der Waals surface area contributed by atoms with Gasteiger partial charge in [0.1, 0.15) is 5.78 Å². The van der Waals surface area contributed by atoms with Gasteiger partial charge in [-0.15, -0.1) is 0 Å². The molecular weight excluding hydrogens is 228 g/mol. The van der Waals surface area contributed by atoms with Crippen molar-refractivity contribution in [3.63, 3.8) is 0 Å². The van der Waals surface area contributed by atoms with Crippen LogP contribution in [0.3, 0.4) is 0 Å². The highest BCUT2D eigenvalue weighted by Crippen LogP contribution is 2.31. The lowest BCUT2D eigenvalue weighted by Crippen LogP contribution is -2.05. The molecule has 2 rings (SSSR count). The van der Waals surface area contributed by atoms with E-state index >= 15 is 0 Å². The number of ketones is 1. The number of carbonyl (C=O) groups excluding carboxylic acids is 1. The number of Topliss-reactive ketones (excluding diaryl/α,β-unsaturated/α-hetero) is 1. The quantitative estimate of drug-likeness (QED) is 0.712. The maximum absolute atomic E-state index is 11.1. The second kappa shape index (κ2) is 3.93. The average Bonchev–Trinajstić information content (AvgIpc) is 2.64. The van der Waals surface area contributed by atoms with E-state index in [1.807, 2.05) is 0 Å². The van der Waals surface area contributed by atoms with Crippen molar-refractivity contribution in [3.8, 4) is 0 Å². The molecule has 1 aliphatic carbocycles. The van der Waals surface area contributed by atoms with E-state index in [0.717, 1.165) is 18.2 Å². The van der Waals surface area contributed by atoms with Crippen LogP contribution < -0.4 is 0 Å². The van der Waals surface area contributed by atoms with Crippen LogP contribution in [0.1, 0.15) is 30.7 Å². The first-order chi connectivity index (χ1) is 7.47. The highest BCUT2D eigenvalue weighted by molar-refractivity contribution is 7.90. The molecule has 16 heavy (non-hydrogen) atoms. The van der Waals surface area contributed by atoms with E-state index < -0.39 is 9.84 Å². The molecule has 0 amide bonds. The second-order valence-electron chi connectivity index (χ2n) is 4.05. The van der Waals surface area contributed by atoms with E-state index in [9.17, 15) is 13.2 Å². The molecule has 0 N–H and O–H groups in total. The molecule has 1 aromatic heterocycles. The van der Waals surface area contributed by atoms with Crippen LogP contribution in [0.15, 0.2) is 17.6 Å². The number of rotatable bonds is 2. The number of nitrogens with zero attached hydrogens (tertiary/aromatic N) is 2. The Labute approximate surface area is 93.8 Å². The fraction of sp³-hybridized carbons (Fsp3) is 0.500. The standard InChI is InChI=1S/C10H12N2O3S/c1-16(14,15)10-11-5-8(6-12-10)7-2-3-9(13)4-7/h5-7H,2-4H2,1H3. The van der Waals surface area contributed by atoms with E-state index in [4.69, 9.17) is 0 Å². The van der Waals surface area contributed by atoms with Crippen LogP contribution in [-0.2, 0) is 14.6 Å². The Kier molecular flexibility index (Phi) is 2.75. The van der Waals surface area contributed by atoms with Gasteiger partial charge < -0.3 is 0 Å². The van der Waals surface area contributed by atoms with E-state index in [0.29, 0.717) is 12.8 Å². The molecule has 0 radical (unpaired) electrons. The minimum Gasteiger partial charge on any atom is -0.300 e. The molecule has 0 saturated heterocycles. The first-order valence-corrected chi connectivity index (χ1v) is 6.89. The molecule has 6 heteroatoms. The molecule has 0 aromatic carbocycles. The third-order valence-electron chi connectivity index (χ3n) is 2.70. The maximum atomic E-state index is 11.1. The summed E-state index contributed by atoms with van der Waals surface area (Å²) < 4.78 is 22.3. The van der Waals surface area contributed by atoms with Crippen LogP contribution in [0.2, 0.25) is 0 Å². The average molecular weight is 240 g/mol. The molecular formula is C10H12N2O3S. The first-order valence-electron chi connectivity index (χ1n) is 5.00. The summed E-state index contributed by atoms with van der Waals surface area (Å²) in [6.45, 7) is 0. The van der Waals surface area contributed by atoms with Gasteiger partial charge in [-0.1, -0.05) is 0 Å². The van der Waals surface area contributed by atoms with Crippen LogP contribution in [0, 0.1) is 0 Å². The predicted octanol–water partition coefficient (Wildman–Crippen LogP) is 0.717. The minimum atomic E-state index is -3.34. The highest BCUT2D eigenvalue weighted by Gasteiger charge is 2.24. The summed E-state index contributed by atoms with van der Waals surface area (Å²) in [5.41, 5.74) is 0.846. The predicted molar refractivity (Wildman–Crippen MR) is 56.7 cm³/mol. The molecule has 1 unspecified atom stereocenters. The molecule has 1 heterocycles. The summed E-state index contributed by atoms with van der Waals surface area (Å²) in [6, 6.07) is 0. The van der Waals surface area contributed by atoms with E-state index in [1.165, 1.54) is 12.4 Å². The first kappa shape index (κ1) is 11.2. The van der Waals surface area contributed by atoms with Gasteiger partial charge in [-0.25, -0.2) is 18.4 Å². The van der Waals surface area contributed by atoms with Crippen LogP contribution in [0.5, 0.6) is 0 Å². The van der Waals surface area contributed by atoms with Crippen molar-refractivity contribution in [2.45, 2.75) is 30.3 Å². The SMILES string of the molecule is CS(=O)(=O)c1ncc(C2CCC(=O)C2)cn1. The van der Waals surface area contributed by atoms with Gasteiger partial charge in [-0.2, -0.15) is 0 Å². The fourth-order valence-corrected chi connectivity index (χ4v) is 2.32. The third-order valence-corrected chi connectivity index (χ3v) is 3.57. The second-order valence-corrected chi connectivity index (χ2v) is 5.96. The molecule has 0 aliphatic heterocycles. The van der Waals surface area contributed by atoms with Crippen molar-refractivity contribution in [2.75, 3.05) is 6.26 Å². The summed E-state index contributed by atoms with van der Waals surface area (Å²) in [7, 11) is -3.34. The van der Waals surface area contributed by atoms with Gasteiger partial charge in [0.2, 0.25) is 15.0 Å². The maximum Gasteiger partial charge on any atom is 0.246 e. The van der Waals surface area contributed by atoms with Crippen molar-refractivity contribution in [1.29, 1.82) is 0 Å². The van der Waals surface area contributed by atoms with Crippen LogP contribution >= 0.6 is 0 Å². The monoisotopic (exact) mass is 240 g/mol. The molecule has 1 atom stereocenters. The molecule has 5 nitrogen and oxygen atoms in total. The normalized spacial score (nSPS) is 21.3. The van der Waals surface area contributed by atoms with Gasteiger partial charge in [0.25, 0.3) is 0 Å². The minimum absolute atomic E-state index is 0.154. The molecule has 1 fully saturated rings. The fourth-order valence-electron chi connectivity index (χ4n) is 1.83. The van der Waals surface area contributed by atoms with Crippen molar-refractivity contribution in [2.24, 2.45) is 0 Å². The Balaban J connectivity index is 2.23. The van der Waals surface area contributed by atoms with Gasteiger partial charge in [-0.3, -0.25) is 4.79 Å². The molecule has 86 valence electrons. The Morgan fingerprint density at radius 1 is 1.31 bits per heavy atom. The molecule has 0 spiro atoms. The number of hydrogen-bond acceptors (Lipinski definition) is 5. The topological polar surface area (TPSA) is 77.0 Å². The molecule has 1 saturated carbocycles. The Bertz CT molecular complexity index is 507. The van der Waals surface area contributed by atoms with Crippen LogP contribution in [0.25, 0.3) is 0 Å². The van der Waals surface area contributed by atoms with E-state index in [2.05, 4.69) is 9.97 Å². The van der Waals surface area contributed by atoms with Crippen LogP contribution in [-0.4, -0.2) is 30.4 Å². The Morgan fingerprint density at radius 2 is 1.94 bits per heavy atom. The Morgan fingerprint density at radius 3 is 2.38 bits per heavy atom. The number of carbonyl (C=O) groups is 1. The number of sulfone groups is 1. The van der Waals surface area contributed by atoms with Crippen molar-refractivity contribution < 1.29 is 13.2 Å². The Hall–Kier alpha value is -1.30. The number of hydrogen-bond donors (Lipinski definition) is 0. The van der Waals surface area contributed by atoms with Gasteiger partial charge in [-0.05, 0) is 17.9 Å². The van der Waals surface area contributed by atoms with Crippen LogP contribution in [0.4, 0.5) is 0 Å². The summed E-state index contributed by atoms with van der Waals surface area (Å²) in [4.78, 5) is 18.7. The lowest BCUT2D eigenvalue weighted by Gasteiger charge is -2.07. The largest absolute Gasteiger partial charge is 0.300 e. The lowest BCUT2D eigenvalue weighted by atomic mass is 10.0. The third kappa shape index (κ3) is 2.27. The lowest BCUT2D eigenvalue weighted by molar-refractivity contribution is -0.117. The molecule has 1 aromatic rings. The smallest absolute Gasteiger partial charge is 0.246 e. The van der Waals surface area contributed by atoms with Crippen molar-refractivity contribution in [3.05, 3.63) is 18.0 Å². The molecule has 0 bridgehead atoms. The van der Waals surface area contributed by atoms with Gasteiger partial charge in [0.15, 0.2) is 0 Å². The zero-order valence-electron chi connectivity index (χ0n) is 8.88. The summed E-state index contributed by atoms with van der Waals surface area (Å²) in [6.07, 6.45) is 6.00. The van der Waals surface area contributed by atoms with E-state index in [-0.39, 0.29) is 16.9 Å². The van der Waals surface area contributed by atoms with Gasteiger partial charge in [0, 0.05) is 31.5 Å². The summed E-state index contributed by atoms with van der Waals surface area (Å²) in [5, 5.41) is -0.166. The molecule has 1 aliphatic rings. The zero-order valence-corrected chi connectivity index (χ0v) is 9.70. The van der Waals surface area contributed by atoms with Crippen molar-refractivity contribution >= 4 is 15.6 Å². The summed E-state index contributed by atoms with van der Waals surface area (Å²) >= 11 is 0. The van der Waals surface area contributed by atoms with Gasteiger partial charge >= 0.3 is 0 Å². The van der Waals surface area contributed by atoms with E-state index in [1.54, 1.807) is 0 Å². The highest BCUT2D eigenvalue weighted by atomic mass is 32.2. The summed E-state index contributed by atoms with van der Waals surface area (Å²) in [5.74, 6) is 0.401. The van der Waals surface area contributed by atoms with Gasteiger partial charge in [0.05, 0.1) is 0 Å². The zero-order chi connectivity index (χ0) is 11.8.